The molecule has 0 spiro atoms. The highest BCUT2D eigenvalue weighted by atomic mass is 19.1. The van der Waals surface area contributed by atoms with E-state index in [0.29, 0.717) is 18.5 Å². The Bertz CT molecular complexity index is 987. The fourth-order valence-corrected chi connectivity index (χ4v) is 3.98. The number of nitrogens with zero attached hydrogens (tertiary/aromatic N) is 4. The van der Waals surface area contributed by atoms with Crippen molar-refractivity contribution in [3.8, 4) is 0 Å². The van der Waals surface area contributed by atoms with Gasteiger partial charge in [0.1, 0.15) is 17.5 Å². The summed E-state index contributed by atoms with van der Waals surface area (Å²) in [7, 11) is 0. The van der Waals surface area contributed by atoms with E-state index >= 15 is 0 Å². The van der Waals surface area contributed by atoms with E-state index in [0.717, 1.165) is 57.1 Å². The van der Waals surface area contributed by atoms with Crippen molar-refractivity contribution in [2.75, 3.05) is 26.2 Å². The number of carbonyl (C=O) groups excluding carboxylic acids is 1. The van der Waals surface area contributed by atoms with E-state index in [1.54, 1.807) is 0 Å². The van der Waals surface area contributed by atoms with Gasteiger partial charge in [0.05, 0.1) is 0 Å². The Morgan fingerprint density at radius 3 is 2.58 bits per heavy atom. The summed E-state index contributed by atoms with van der Waals surface area (Å²) < 4.78 is 15.2. The first-order valence-electron chi connectivity index (χ1n) is 10.9. The van der Waals surface area contributed by atoms with Crippen LogP contribution in [-0.4, -0.2) is 51.8 Å². The molecule has 162 valence electrons. The number of hydrogen-bond acceptors (Lipinski definition) is 4. The molecular formula is C24H28FN5O. The summed E-state index contributed by atoms with van der Waals surface area (Å²) >= 11 is 0. The molecule has 7 heteroatoms. The average molecular weight is 422 g/mol. The van der Waals surface area contributed by atoms with Crippen molar-refractivity contribution in [1.82, 2.24) is 25.0 Å². The number of hydrogen-bond donors (Lipinski definition) is 1. The molecule has 1 aliphatic rings. The normalized spacial score (nSPS) is 14.1. The summed E-state index contributed by atoms with van der Waals surface area (Å²) in [6.07, 6.45) is 3.75. The van der Waals surface area contributed by atoms with E-state index < -0.39 is 0 Å². The van der Waals surface area contributed by atoms with Gasteiger partial charge in [-0.2, -0.15) is 0 Å². The van der Waals surface area contributed by atoms with Gasteiger partial charge in [0.15, 0.2) is 0 Å². The first kappa shape index (κ1) is 21.2. The largest absolute Gasteiger partial charge is 0.352 e. The third-order valence-corrected chi connectivity index (χ3v) is 5.72. The van der Waals surface area contributed by atoms with Crippen LogP contribution >= 0.6 is 0 Å². The molecule has 6 nitrogen and oxygen atoms in total. The van der Waals surface area contributed by atoms with Crippen LogP contribution < -0.4 is 5.32 Å². The van der Waals surface area contributed by atoms with Crippen LogP contribution in [0.25, 0.3) is 0 Å². The molecule has 31 heavy (non-hydrogen) atoms. The Hall–Kier alpha value is -3.06. The monoisotopic (exact) mass is 421 g/mol. The van der Waals surface area contributed by atoms with E-state index in [9.17, 15) is 9.18 Å². The highest BCUT2D eigenvalue weighted by molar-refractivity contribution is 5.94. The number of aryl methyl sites for hydroxylation is 1. The van der Waals surface area contributed by atoms with E-state index in [1.165, 1.54) is 29.8 Å². The lowest BCUT2D eigenvalue weighted by atomic mass is 10.1. The lowest BCUT2D eigenvalue weighted by Gasteiger charge is -2.19. The standard InChI is InChI=1S/C24H28FN5O/c25-21-10-8-20(9-11-21)24(31)26-14-12-22-27-28-23-13-16-29(17-18-30(22)23)15-4-7-19-5-2-1-3-6-19/h1-3,5-6,8-11H,4,7,12-18H2,(H,26,31). The van der Waals surface area contributed by atoms with Gasteiger partial charge < -0.3 is 14.8 Å². The van der Waals surface area contributed by atoms with Gasteiger partial charge in [0.25, 0.3) is 5.91 Å². The zero-order valence-corrected chi connectivity index (χ0v) is 17.6. The highest BCUT2D eigenvalue weighted by Crippen LogP contribution is 2.11. The molecule has 0 saturated heterocycles. The van der Waals surface area contributed by atoms with Crippen molar-refractivity contribution in [3.63, 3.8) is 0 Å². The second kappa shape index (κ2) is 10.3. The second-order valence-corrected chi connectivity index (χ2v) is 7.88. The van der Waals surface area contributed by atoms with Crippen LogP contribution in [0.4, 0.5) is 4.39 Å². The van der Waals surface area contributed by atoms with E-state index in [2.05, 4.69) is 55.3 Å². The van der Waals surface area contributed by atoms with Crippen LogP contribution in [0.15, 0.2) is 54.6 Å². The number of carbonyl (C=O) groups is 1. The fraction of sp³-hybridized carbons (Fsp3) is 0.375. The summed E-state index contributed by atoms with van der Waals surface area (Å²) in [4.78, 5) is 14.7. The number of rotatable bonds is 8. The van der Waals surface area contributed by atoms with Crippen LogP contribution in [0.2, 0.25) is 0 Å². The van der Waals surface area contributed by atoms with Crippen molar-refractivity contribution in [2.24, 2.45) is 0 Å². The molecule has 0 bridgehead atoms. The average Bonchev–Trinajstić information content (AvgIpc) is 3.06. The SMILES string of the molecule is O=C(NCCc1nnc2n1CCN(CCCc1ccccc1)CC2)c1ccc(F)cc1. The summed E-state index contributed by atoms with van der Waals surface area (Å²) in [5.41, 5.74) is 1.84. The molecule has 0 aliphatic carbocycles. The highest BCUT2D eigenvalue weighted by Gasteiger charge is 2.18. The Morgan fingerprint density at radius 1 is 0.968 bits per heavy atom. The Labute approximate surface area is 182 Å². The lowest BCUT2D eigenvalue weighted by molar-refractivity contribution is 0.0954. The van der Waals surface area contributed by atoms with Crippen molar-refractivity contribution in [1.29, 1.82) is 0 Å². The Balaban J connectivity index is 1.24. The van der Waals surface area contributed by atoms with Crippen molar-refractivity contribution in [3.05, 3.63) is 83.2 Å². The van der Waals surface area contributed by atoms with Crippen LogP contribution in [0.5, 0.6) is 0 Å². The van der Waals surface area contributed by atoms with Crippen LogP contribution in [0.1, 0.15) is 34.0 Å². The zero-order valence-electron chi connectivity index (χ0n) is 17.6. The van der Waals surface area contributed by atoms with E-state index in [4.69, 9.17) is 0 Å². The maximum Gasteiger partial charge on any atom is 0.251 e. The lowest BCUT2D eigenvalue weighted by Crippen LogP contribution is -2.29. The number of aromatic nitrogens is 3. The van der Waals surface area contributed by atoms with Gasteiger partial charge >= 0.3 is 0 Å². The van der Waals surface area contributed by atoms with Gasteiger partial charge in [-0.25, -0.2) is 4.39 Å². The Kier molecular flexibility index (Phi) is 7.04. The van der Waals surface area contributed by atoms with Crippen molar-refractivity contribution in [2.45, 2.75) is 32.2 Å². The van der Waals surface area contributed by atoms with Gasteiger partial charge in [-0.1, -0.05) is 30.3 Å². The van der Waals surface area contributed by atoms with E-state index in [1.807, 2.05) is 0 Å². The third kappa shape index (κ3) is 5.76. The molecule has 4 rings (SSSR count). The topological polar surface area (TPSA) is 63.1 Å². The molecule has 1 aliphatic heterocycles. The van der Waals surface area contributed by atoms with Crippen LogP contribution in [0, 0.1) is 5.82 Å². The summed E-state index contributed by atoms with van der Waals surface area (Å²) in [6.45, 7) is 4.39. The molecular weight excluding hydrogens is 393 g/mol. The minimum atomic E-state index is -0.350. The third-order valence-electron chi connectivity index (χ3n) is 5.72. The molecule has 1 aromatic heterocycles. The first-order valence-corrected chi connectivity index (χ1v) is 10.9. The molecule has 2 aromatic carbocycles. The maximum atomic E-state index is 13.0. The summed E-state index contributed by atoms with van der Waals surface area (Å²) in [5.74, 6) is 1.36. The number of halogens is 1. The Morgan fingerprint density at radius 2 is 1.77 bits per heavy atom. The predicted octanol–water partition coefficient (Wildman–Crippen LogP) is 2.88. The van der Waals surface area contributed by atoms with Gasteiger partial charge in [0, 0.05) is 44.6 Å². The van der Waals surface area contributed by atoms with Crippen LogP contribution in [-0.2, 0) is 25.8 Å². The molecule has 0 radical (unpaired) electrons. The van der Waals surface area contributed by atoms with E-state index in [-0.39, 0.29) is 11.7 Å². The number of benzene rings is 2. The fourth-order valence-electron chi connectivity index (χ4n) is 3.98. The minimum absolute atomic E-state index is 0.208. The smallest absolute Gasteiger partial charge is 0.251 e. The number of fused-ring (bicyclic) bond motifs is 1. The predicted molar refractivity (Wildman–Crippen MR) is 117 cm³/mol. The molecule has 0 saturated carbocycles. The van der Waals surface area contributed by atoms with Crippen molar-refractivity contribution < 1.29 is 9.18 Å². The molecule has 1 amide bonds. The molecule has 0 fully saturated rings. The minimum Gasteiger partial charge on any atom is -0.352 e. The van der Waals surface area contributed by atoms with Gasteiger partial charge in [-0.15, -0.1) is 10.2 Å². The van der Waals surface area contributed by atoms with Gasteiger partial charge in [0.2, 0.25) is 0 Å². The molecule has 0 unspecified atom stereocenters. The number of nitrogens with one attached hydrogen (secondary N) is 1. The summed E-state index contributed by atoms with van der Waals surface area (Å²) in [5, 5.41) is 11.6. The second-order valence-electron chi connectivity index (χ2n) is 7.88. The quantitative estimate of drug-likeness (QED) is 0.608. The number of amides is 1. The first-order chi connectivity index (χ1) is 15.2. The van der Waals surface area contributed by atoms with Crippen LogP contribution in [0.3, 0.4) is 0 Å². The zero-order chi connectivity index (χ0) is 21.5. The molecule has 0 atom stereocenters. The van der Waals surface area contributed by atoms with Crippen molar-refractivity contribution >= 4 is 5.91 Å². The van der Waals surface area contributed by atoms with Gasteiger partial charge in [-0.05, 0) is 49.2 Å². The maximum absolute atomic E-state index is 13.0. The van der Waals surface area contributed by atoms with Gasteiger partial charge in [-0.3, -0.25) is 4.79 Å². The molecule has 1 N–H and O–H groups in total. The summed E-state index contributed by atoms with van der Waals surface area (Å²) in [6, 6.07) is 16.2. The molecule has 2 heterocycles. The molecule has 3 aromatic rings.